The van der Waals surface area contributed by atoms with Gasteiger partial charge in [-0.2, -0.15) is 0 Å². The molecule has 0 bridgehead atoms. The summed E-state index contributed by atoms with van der Waals surface area (Å²) in [6.45, 7) is 2.83. The number of benzene rings is 1. The van der Waals surface area contributed by atoms with Gasteiger partial charge in [-0.05, 0) is 43.0 Å². The van der Waals surface area contributed by atoms with Crippen LogP contribution in [0.1, 0.15) is 40.6 Å². The number of nitrogens with zero attached hydrogens (tertiary/aromatic N) is 3. The zero-order valence-corrected chi connectivity index (χ0v) is 17.4. The van der Waals surface area contributed by atoms with E-state index in [1.54, 1.807) is 29.9 Å². The first-order valence-corrected chi connectivity index (χ1v) is 9.92. The van der Waals surface area contributed by atoms with Crippen LogP contribution >= 0.6 is 0 Å². The summed E-state index contributed by atoms with van der Waals surface area (Å²) >= 11 is 0. The van der Waals surface area contributed by atoms with Gasteiger partial charge in [0.15, 0.2) is 6.61 Å². The SMILES string of the molecule is C[C@@H]1CCCN(c2ccc(C(=O)OCC(=O)NC(=O)c3cccn3C)cc2[N+](=O)[O-])C1. The molecule has 1 fully saturated rings. The Hall–Kier alpha value is -3.69. The zero-order chi connectivity index (χ0) is 22.5. The van der Waals surface area contributed by atoms with Crippen LogP contribution in [0.25, 0.3) is 0 Å². The summed E-state index contributed by atoms with van der Waals surface area (Å²) in [6.07, 6.45) is 3.67. The van der Waals surface area contributed by atoms with Crippen molar-refractivity contribution in [3.8, 4) is 0 Å². The van der Waals surface area contributed by atoms with Crippen LogP contribution in [0.5, 0.6) is 0 Å². The summed E-state index contributed by atoms with van der Waals surface area (Å²) in [6, 6.07) is 7.33. The highest BCUT2D eigenvalue weighted by Gasteiger charge is 2.26. The number of nitrogens with one attached hydrogen (secondary N) is 1. The normalized spacial score (nSPS) is 15.9. The summed E-state index contributed by atoms with van der Waals surface area (Å²) in [4.78, 5) is 49.2. The lowest BCUT2D eigenvalue weighted by Gasteiger charge is -2.32. The first-order valence-electron chi connectivity index (χ1n) is 9.92. The van der Waals surface area contributed by atoms with Crippen LogP contribution in [0, 0.1) is 16.0 Å². The van der Waals surface area contributed by atoms with Crippen molar-refractivity contribution in [1.29, 1.82) is 0 Å². The second-order valence-corrected chi connectivity index (χ2v) is 7.61. The maximum Gasteiger partial charge on any atom is 0.338 e. The van der Waals surface area contributed by atoms with Gasteiger partial charge in [0.05, 0.1) is 10.5 Å². The Balaban J connectivity index is 1.64. The van der Waals surface area contributed by atoms with Crippen LogP contribution in [0.3, 0.4) is 0 Å². The molecule has 1 aromatic carbocycles. The molecule has 0 radical (unpaired) electrons. The molecule has 1 aliphatic heterocycles. The summed E-state index contributed by atoms with van der Waals surface area (Å²) in [5, 5.41) is 13.7. The van der Waals surface area contributed by atoms with Gasteiger partial charge < -0.3 is 14.2 Å². The molecule has 10 heteroatoms. The maximum absolute atomic E-state index is 12.3. The fraction of sp³-hybridized carbons (Fsp3) is 0.381. The number of rotatable bonds is 6. The molecule has 10 nitrogen and oxygen atoms in total. The van der Waals surface area contributed by atoms with Crippen LogP contribution < -0.4 is 10.2 Å². The van der Waals surface area contributed by atoms with Gasteiger partial charge in [-0.3, -0.25) is 25.0 Å². The third kappa shape index (κ3) is 5.27. The molecule has 164 valence electrons. The molecule has 2 amide bonds. The van der Waals surface area contributed by atoms with Crippen molar-refractivity contribution in [2.75, 3.05) is 24.6 Å². The van der Waals surface area contributed by atoms with Crippen molar-refractivity contribution in [3.63, 3.8) is 0 Å². The molecule has 2 aromatic rings. The molecule has 0 aliphatic carbocycles. The number of carbonyl (C=O) groups excluding carboxylic acids is 3. The lowest BCUT2D eigenvalue weighted by atomic mass is 9.99. The van der Waals surface area contributed by atoms with Gasteiger partial charge in [0.2, 0.25) is 0 Å². The second-order valence-electron chi connectivity index (χ2n) is 7.61. The minimum Gasteiger partial charge on any atom is -0.452 e. The van der Waals surface area contributed by atoms with E-state index in [0.29, 0.717) is 24.7 Å². The average molecular weight is 428 g/mol. The molecule has 1 atom stereocenters. The minimum absolute atomic E-state index is 0.0398. The number of aryl methyl sites for hydroxylation is 1. The Morgan fingerprint density at radius 1 is 1.29 bits per heavy atom. The van der Waals surface area contributed by atoms with Crippen molar-refractivity contribution in [2.24, 2.45) is 13.0 Å². The number of esters is 1. The number of piperidine rings is 1. The Morgan fingerprint density at radius 2 is 2.06 bits per heavy atom. The highest BCUT2D eigenvalue weighted by atomic mass is 16.6. The van der Waals surface area contributed by atoms with Crippen LogP contribution in [0.15, 0.2) is 36.5 Å². The molecular weight excluding hydrogens is 404 g/mol. The molecular formula is C21H24N4O6. The number of imide groups is 1. The fourth-order valence-electron chi connectivity index (χ4n) is 3.61. The van der Waals surface area contributed by atoms with Gasteiger partial charge >= 0.3 is 5.97 Å². The highest BCUT2D eigenvalue weighted by Crippen LogP contribution is 2.32. The number of nitro groups is 1. The summed E-state index contributed by atoms with van der Waals surface area (Å²) in [5.74, 6) is -1.88. The third-order valence-electron chi connectivity index (χ3n) is 5.17. The molecule has 1 N–H and O–H groups in total. The topological polar surface area (TPSA) is 124 Å². The molecule has 0 unspecified atom stereocenters. The standard InChI is InChI=1S/C21H24N4O6/c1-14-5-3-10-24(12-14)16-8-7-15(11-18(16)25(29)30)21(28)31-13-19(26)22-20(27)17-6-4-9-23(17)2/h4,6-9,11,14H,3,5,10,12-13H2,1-2H3,(H,22,26,27)/t14-/m1/s1. The van der Waals surface area contributed by atoms with E-state index >= 15 is 0 Å². The largest absolute Gasteiger partial charge is 0.452 e. The Bertz CT molecular complexity index is 1020. The number of hydrogen-bond acceptors (Lipinski definition) is 7. The quantitative estimate of drug-likeness (QED) is 0.425. The number of anilines is 1. The van der Waals surface area contributed by atoms with E-state index in [0.717, 1.165) is 18.9 Å². The predicted octanol–water partition coefficient (Wildman–Crippen LogP) is 2.28. The van der Waals surface area contributed by atoms with Crippen molar-refractivity contribution in [3.05, 3.63) is 57.9 Å². The number of hydrogen-bond donors (Lipinski definition) is 1. The average Bonchev–Trinajstić information content (AvgIpc) is 3.17. The Kier molecular flexibility index (Phi) is 6.68. The fourth-order valence-corrected chi connectivity index (χ4v) is 3.61. The maximum atomic E-state index is 12.3. The smallest absolute Gasteiger partial charge is 0.338 e. The monoisotopic (exact) mass is 428 g/mol. The molecule has 0 spiro atoms. The van der Waals surface area contributed by atoms with Crippen LogP contribution in [-0.4, -0.2) is 47.0 Å². The molecule has 1 saturated heterocycles. The predicted molar refractivity (Wildman–Crippen MR) is 112 cm³/mol. The van der Waals surface area contributed by atoms with Gasteiger partial charge in [-0.1, -0.05) is 6.92 Å². The molecule has 1 aliphatic rings. The van der Waals surface area contributed by atoms with Gasteiger partial charge in [-0.25, -0.2) is 4.79 Å². The zero-order valence-electron chi connectivity index (χ0n) is 17.4. The van der Waals surface area contributed by atoms with E-state index in [1.807, 2.05) is 4.90 Å². The molecule has 1 aromatic heterocycles. The van der Waals surface area contributed by atoms with Crippen LogP contribution in [-0.2, 0) is 16.6 Å². The van der Waals surface area contributed by atoms with Gasteiger partial charge in [0.1, 0.15) is 11.4 Å². The second kappa shape index (κ2) is 9.41. The van der Waals surface area contributed by atoms with Gasteiger partial charge in [0.25, 0.3) is 17.5 Å². The first kappa shape index (κ1) is 22.0. The molecule has 3 rings (SSSR count). The number of amides is 2. The summed E-state index contributed by atoms with van der Waals surface area (Å²) in [7, 11) is 1.65. The lowest BCUT2D eigenvalue weighted by Crippen LogP contribution is -2.35. The van der Waals surface area contributed by atoms with Crippen molar-refractivity contribution in [2.45, 2.75) is 19.8 Å². The number of ether oxygens (including phenoxy) is 1. The first-order chi connectivity index (χ1) is 14.8. The number of nitro benzene ring substituents is 1. The lowest BCUT2D eigenvalue weighted by molar-refractivity contribution is -0.384. The molecule has 0 saturated carbocycles. The number of carbonyl (C=O) groups is 3. The Labute approximate surface area is 178 Å². The third-order valence-corrected chi connectivity index (χ3v) is 5.17. The van der Waals surface area contributed by atoms with Gasteiger partial charge in [0, 0.05) is 32.4 Å². The van der Waals surface area contributed by atoms with Gasteiger partial charge in [-0.15, -0.1) is 0 Å². The van der Waals surface area contributed by atoms with E-state index in [1.165, 1.54) is 12.1 Å². The molecule has 31 heavy (non-hydrogen) atoms. The van der Waals surface area contributed by atoms with Crippen LogP contribution in [0.2, 0.25) is 0 Å². The van der Waals surface area contributed by atoms with Crippen molar-refractivity contribution < 1.29 is 24.0 Å². The van der Waals surface area contributed by atoms with E-state index in [2.05, 4.69) is 12.2 Å². The van der Waals surface area contributed by atoms with Crippen molar-refractivity contribution in [1.82, 2.24) is 9.88 Å². The summed E-state index contributed by atoms with van der Waals surface area (Å²) < 4.78 is 6.47. The van der Waals surface area contributed by atoms with E-state index in [9.17, 15) is 24.5 Å². The van der Waals surface area contributed by atoms with Crippen molar-refractivity contribution >= 4 is 29.2 Å². The van der Waals surface area contributed by atoms with E-state index in [4.69, 9.17) is 4.74 Å². The van der Waals surface area contributed by atoms with E-state index < -0.39 is 29.3 Å². The number of aromatic nitrogens is 1. The summed E-state index contributed by atoms with van der Waals surface area (Å²) in [5.41, 5.74) is 0.505. The highest BCUT2D eigenvalue weighted by molar-refractivity contribution is 6.04. The minimum atomic E-state index is -0.886. The molecule has 2 heterocycles. The Morgan fingerprint density at radius 3 is 2.71 bits per heavy atom. The van der Waals surface area contributed by atoms with Crippen LogP contribution in [0.4, 0.5) is 11.4 Å². The van der Waals surface area contributed by atoms with E-state index in [-0.39, 0.29) is 16.9 Å².